The number of piperidine rings is 1. The average molecular weight is 407 g/mol. The second-order valence-electron chi connectivity index (χ2n) is 7.79. The molecule has 148 valence electrons. The number of carbonyl (C=O) groups excluding carboxylic acids is 1. The number of aromatic nitrogens is 2. The van der Waals surface area contributed by atoms with Gasteiger partial charge in [0.15, 0.2) is 9.84 Å². The molecule has 2 fully saturated rings. The van der Waals surface area contributed by atoms with E-state index in [9.17, 15) is 13.2 Å². The van der Waals surface area contributed by atoms with Crippen molar-refractivity contribution in [3.8, 4) is 0 Å². The minimum atomic E-state index is -3.40. The summed E-state index contributed by atoms with van der Waals surface area (Å²) >= 11 is 0. The summed E-state index contributed by atoms with van der Waals surface area (Å²) in [4.78, 5) is 24.3. The molecule has 2 aromatic carbocycles. The predicted octanol–water partition coefficient (Wildman–Crippen LogP) is 3.24. The second kappa shape index (κ2) is 6.91. The molecule has 29 heavy (non-hydrogen) atoms. The van der Waals surface area contributed by atoms with Crippen molar-refractivity contribution in [2.75, 3.05) is 0 Å². The lowest BCUT2D eigenvalue weighted by atomic mass is 10.0. The number of nitrogens with zero attached hydrogens (tertiary/aromatic N) is 3. The van der Waals surface area contributed by atoms with E-state index < -0.39 is 15.1 Å². The van der Waals surface area contributed by atoms with Crippen LogP contribution in [0.1, 0.15) is 36.2 Å². The smallest absolute Gasteiger partial charge is 0.274 e. The largest absolute Gasteiger partial charge is 0.331 e. The van der Waals surface area contributed by atoms with Gasteiger partial charge in [-0.2, -0.15) is 0 Å². The fourth-order valence-electron chi connectivity index (χ4n) is 4.71. The summed E-state index contributed by atoms with van der Waals surface area (Å²) in [6.07, 6.45) is 4.13. The third-order valence-electron chi connectivity index (χ3n) is 6.10. The molecule has 3 heterocycles. The minimum Gasteiger partial charge on any atom is -0.331 e. The van der Waals surface area contributed by atoms with Gasteiger partial charge in [0.05, 0.1) is 27.4 Å². The molecule has 0 spiro atoms. The Kier molecular flexibility index (Phi) is 4.35. The summed E-state index contributed by atoms with van der Waals surface area (Å²) in [7, 11) is -3.40. The van der Waals surface area contributed by atoms with Crippen molar-refractivity contribution < 1.29 is 13.2 Å². The lowest BCUT2D eigenvalue weighted by molar-refractivity contribution is 0.0592. The van der Waals surface area contributed by atoms with Crippen molar-refractivity contribution in [2.45, 2.75) is 47.9 Å². The molecule has 2 bridgehead atoms. The lowest BCUT2D eigenvalue weighted by Gasteiger charge is -2.38. The molecule has 1 aromatic heterocycles. The molecule has 6 nitrogen and oxygen atoms in total. The molecule has 0 radical (unpaired) electrons. The van der Waals surface area contributed by atoms with Crippen molar-refractivity contribution in [3.05, 3.63) is 66.5 Å². The van der Waals surface area contributed by atoms with Crippen LogP contribution in [0.25, 0.3) is 11.0 Å². The number of para-hydroxylation sites is 2. The van der Waals surface area contributed by atoms with E-state index >= 15 is 0 Å². The fourth-order valence-corrected chi connectivity index (χ4v) is 6.58. The molecule has 3 aromatic rings. The highest BCUT2D eigenvalue weighted by Crippen LogP contribution is 2.40. The molecule has 2 aliphatic heterocycles. The van der Waals surface area contributed by atoms with E-state index in [2.05, 4.69) is 9.97 Å². The van der Waals surface area contributed by atoms with E-state index in [1.54, 1.807) is 24.3 Å². The van der Waals surface area contributed by atoms with Crippen molar-refractivity contribution in [3.63, 3.8) is 0 Å². The monoisotopic (exact) mass is 407 g/mol. The van der Waals surface area contributed by atoms with Gasteiger partial charge in [0.2, 0.25) is 0 Å². The van der Waals surface area contributed by atoms with E-state index in [-0.39, 0.29) is 18.0 Å². The zero-order chi connectivity index (χ0) is 20.0. The van der Waals surface area contributed by atoms with E-state index in [4.69, 9.17) is 0 Å². The molecule has 2 aliphatic rings. The van der Waals surface area contributed by atoms with Crippen LogP contribution in [-0.2, 0) is 9.84 Å². The van der Waals surface area contributed by atoms with Crippen LogP contribution in [0.2, 0.25) is 0 Å². The molecule has 0 saturated carbocycles. The minimum absolute atomic E-state index is 0.0713. The van der Waals surface area contributed by atoms with Gasteiger partial charge in [-0.1, -0.05) is 30.3 Å². The first-order chi connectivity index (χ1) is 14.0. The molecule has 7 heteroatoms. The number of rotatable bonds is 3. The Morgan fingerprint density at radius 1 is 0.897 bits per heavy atom. The standard InChI is InChI=1S/C22H21N3O3S/c26-22(21-14-23-19-8-4-5-9-20(19)24-21)25-15-10-11-16(25)13-18(12-15)29(27,28)17-6-2-1-3-7-17/h1-9,14-16,18H,10-13H2. The number of hydrogen-bond donors (Lipinski definition) is 0. The topological polar surface area (TPSA) is 80.2 Å². The van der Waals surface area contributed by atoms with Gasteiger partial charge in [-0.25, -0.2) is 13.4 Å². The summed E-state index contributed by atoms with van der Waals surface area (Å²) in [5.74, 6) is -0.147. The van der Waals surface area contributed by atoms with Crippen molar-refractivity contribution in [1.82, 2.24) is 14.9 Å². The quantitative estimate of drug-likeness (QED) is 0.666. The highest BCUT2D eigenvalue weighted by molar-refractivity contribution is 7.92. The first-order valence-corrected chi connectivity index (χ1v) is 11.4. The first kappa shape index (κ1) is 18.2. The van der Waals surface area contributed by atoms with Gasteiger partial charge >= 0.3 is 0 Å². The summed E-state index contributed by atoms with van der Waals surface area (Å²) in [6.45, 7) is 0. The maximum absolute atomic E-state index is 13.2. The SMILES string of the molecule is O=C(c1cnc2ccccc2n1)N1C2CCC1CC(S(=O)(=O)c1ccccc1)C2. The number of fused-ring (bicyclic) bond motifs is 3. The number of carbonyl (C=O) groups is 1. The van der Waals surface area contributed by atoms with Crippen LogP contribution in [0.15, 0.2) is 65.7 Å². The third kappa shape index (κ3) is 3.09. The van der Waals surface area contributed by atoms with Crippen LogP contribution < -0.4 is 0 Å². The van der Waals surface area contributed by atoms with Crippen LogP contribution in [0.5, 0.6) is 0 Å². The van der Waals surface area contributed by atoms with Crippen LogP contribution in [0, 0.1) is 0 Å². The summed E-state index contributed by atoms with van der Waals surface area (Å²) in [6, 6.07) is 15.9. The van der Waals surface area contributed by atoms with Crippen LogP contribution >= 0.6 is 0 Å². The van der Waals surface area contributed by atoms with Crippen molar-refractivity contribution in [2.24, 2.45) is 0 Å². The lowest BCUT2D eigenvalue weighted by Crippen LogP contribution is -2.49. The van der Waals surface area contributed by atoms with Gasteiger partial charge in [-0.15, -0.1) is 0 Å². The zero-order valence-corrected chi connectivity index (χ0v) is 16.6. The molecule has 2 unspecified atom stereocenters. The Hall–Kier alpha value is -2.80. The third-order valence-corrected chi connectivity index (χ3v) is 8.29. The van der Waals surface area contributed by atoms with Gasteiger partial charge < -0.3 is 4.90 Å². The van der Waals surface area contributed by atoms with Gasteiger partial charge in [-0.05, 0) is 49.9 Å². The average Bonchev–Trinajstić information content (AvgIpc) is 3.02. The van der Waals surface area contributed by atoms with E-state index in [1.807, 2.05) is 35.2 Å². The molecule has 5 rings (SSSR count). The summed E-state index contributed by atoms with van der Waals surface area (Å²) in [5, 5.41) is -0.450. The highest BCUT2D eigenvalue weighted by atomic mass is 32.2. The molecule has 0 N–H and O–H groups in total. The highest BCUT2D eigenvalue weighted by Gasteiger charge is 2.47. The van der Waals surface area contributed by atoms with Gasteiger partial charge in [0.1, 0.15) is 5.69 Å². The van der Waals surface area contributed by atoms with E-state index in [0.717, 1.165) is 18.4 Å². The molecule has 2 saturated heterocycles. The van der Waals surface area contributed by atoms with Crippen LogP contribution in [0.4, 0.5) is 0 Å². The molecular weight excluding hydrogens is 386 g/mol. The Labute approximate surface area is 169 Å². The summed E-state index contributed by atoms with van der Waals surface area (Å²) in [5.41, 5.74) is 1.76. The Morgan fingerprint density at radius 3 is 2.21 bits per heavy atom. The maximum Gasteiger partial charge on any atom is 0.274 e. The van der Waals surface area contributed by atoms with Crippen molar-refractivity contribution in [1.29, 1.82) is 0 Å². The van der Waals surface area contributed by atoms with E-state index in [0.29, 0.717) is 28.9 Å². The Balaban J connectivity index is 1.41. The fraction of sp³-hybridized carbons (Fsp3) is 0.318. The van der Waals surface area contributed by atoms with Gasteiger partial charge in [0.25, 0.3) is 5.91 Å². The molecule has 2 atom stereocenters. The normalized spacial score (nSPS) is 24.0. The molecule has 0 aliphatic carbocycles. The summed E-state index contributed by atoms with van der Waals surface area (Å²) < 4.78 is 26.1. The van der Waals surface area contributed by atoms with Gasteiger partial charge in [-0.3, -0.25) is 9.78 Å². The maximum atomic E-state index is 13.2. The second-order valence-corrected chi connectivity index (χ2v) is 10.0. The Bertz CT molecular complexity index is 1170. The van der Waals surface area contributed by atoms with E-state index in [1.165, 1.54) is 6.20 Å². The van der Waals surface area contributed by atoms with Crippen molar-refractivity contribution >= 4 is 26.8 Å². The van der Waals surface area contributed by atoms with Gasteiger partial charge in [0, 0.05) is 12.1 Å². The number of sulfone groups is 1. The Morgan fingerprint density at radius 2 is 1.52 bits per heavy atom. The molecule has 1 amide bonds. The zero-order valence-electron chi connectivity index (χ0n) is 15.8. The molecular formula is C22H21N3O3S. The first-order valence-electron chi connectivity index (χ1n) is 9.87. The number of amides is 1. The number of hydrogen-bond acceptors (Lipinski definition) is 5. The predicted molar refractivity (Wildman–Crippen MR) is 109 cm³/mol. The van der Waals surface area contributed by atoms with Crippen LogP contribution in [0.3, 0.4) is 0 Å². The number of benzene rings is 2. The van der Waals surface area contributed by atoms with Crippen LogP contribution in [-0.4, -0.2) is 46.5 Å².